The molecule has 1 aliphatic rings. The summed E-state index contributed by atoms with van der Waals surface area (Å²) in [6, 6.07) is 11.6. The predicted octanol–water partition coefficient (Wildman–Crippen LogP) is 3.22. The first-order chi connectivity index (χ1) is 11.0. The minimum Gasteiger partial charge on any atom is -0.491 e. The molecule has 0 N–H and O–H groups in total. The maximum atomic E-state index is 12.3. The molecule has 2 aromatic rings. The van der Waals surface area contributed by atoms with Crippen LogP contribution in [0.25, 0.3) is 0 Å². The van der Waals surface area contributed by atoms with Crippen molar-refractivity contribution in [3.8, 4) is 5.75 Å². The number of hydrogen-bond acceptors (Lipinski definition) is 3. The fraction of sp³-hybridized carbons (Fsp3) is 0.263. The van der Waals surface area contributed by atoms with Gasteiger partial charge in [0.05, 0.1) is 17.8 Å². The lowest BCUT2D eigenvalue weighted by atomic mass is 10.0. The third kappa shape index (κ3) is 2.61. The normalized spacial score (nSPS) is 13.4. The second-order valence-electron chi connectivity index (χ2n) is 5.82. The van der Waals surface area contributed by atoms with Gasteiger partial charge in [-0.25, -0.2) is 0 Å². The van der Waals surface area contributed by atoms with Crippen LogP contribution < -0.4 is 9.64 Å². The number of para-hydroxylation sites is 1. The zero-order valence-corrected chi connectivity index (χ0v) is 13.6. The molecule has 0 aliphatic carbocycles. The van der Waals surface area contributed by atoms with Crippen molar-refractivity contribution in [1.82, 2.24) is 0 Å². The van der Waals surface area contributed by atoms with E-state index in [4.69, 9.17) is 4.74 Å². The van der Waals surface area contributed by atoms with Crippen LogP contribution in [0.5, 0.6) is 5.75 Å². The second-order valence-corrected chi connectivity index (χ2v) is 5.82. The Morgan fingerprint density at radius 1 is 0.913 bits per heavy atom. The number of ketones is 1. The molecular formula is C19H19NO3. The van der Waals surface area contributed by atoms with Gasteiger partial charge in [0.2, 0.25) is 0 Å². The van der Waals surface area contributed by atoms with Gasteiger partial charge in [0, 0.05) is 0 Å². The minimum atomic E-state index is -0.467. The number of nitrogens with zero attached hydrogens (tertiary/aromatic N) is 1. The SMILES string of the molecule is Cc1ccccc1OCCN1C(=O)C(=O)c2c(C)ccc(C)c21. The molecule has 4 nitrogen and oxygen atoms in total. The number of amides is 1. The smallest absolute Gasteiger partial charge is 0.299 e. The van der Waals surface area contributed by atoms with Crippen LogP contribution in [0.4, 0.5) is 5.69 Å². The predicted molar refractivity (Wildman–Crippen MR) is 89.3 cm³/mol. The molecule has 0 aromatic heterocycles. The quantitative estimate of drug-likeness (QED) is 0.815. The largest absolute Gasteiger partial charge is 0.491 e. The summed E-state index contributed by atoms with van der Waals surface area (Å²) in [7, 11) is 0. The Labute approximate surface area is 135 Å². The van der Waals surface area contributed by atoms with Gasteiger partial charge in [-0.15, -0.1) is 0 Å². The summed E-state index contributed by atoms with van der Waals surface area (Å²) in [6.45, 7) is 6.45. The highest BCUT2D eigenvalue weighted by molar-refractivity contribution is 6.52. The summed E-state index contributed by atoms with van der Waals surface area (Å²) in [5.41, 5.74) is 4.08. The number of carbonyl (C=O) groups excluding carboxylic acids is 2. The van der Waals surface area contributed by atoms with Gasteiger partial charge in [-0.3, -0.25) is 9.59 Å². The second kappa shape index (κ2) is 5.88. The Balaban J connectivity index is 1.80. The van der Waals surface area contributed by atoms with E-state index in [1.165, 1.54) is 4.90 Å². The van der Waals surface area contributed by atoms with Crippen molar-refractivity contribution in [2.24, 2.45) is 0 Å². The van der Waals surface area contributed by atoms with Crippen molar-refractivity contribution in [3.05, 3.63) is 58.7 Å². The summed E-state index contributed by atoms with van der Waals surface area (Å²) >= 11 is 0. The standard InChI is InChI=1S/C19H19NO3/c1-12-6-4-5-7-15(12)23-11-10-20-17-14(3)9-8-13(2)16(17)18(21)19(20)22/h4-9H,10-11H2,1-3H3. The summed E-state index contributed by atoms with van der Waals surface area (Å²) in [5, 5.41) is 0. The summed E-state index contributed by atoms with van der Waals surface area (Å²) in [4.78, 5) is 26.1. The molecule has 0 saturated heterocycles. The maximum absolute atomic E-state index is 12.3. The van der Waals surface area contributed by atoms with E-state index >= 15 is 0 Å². The van der Waals surface area contributed by atoms with E-state index < -0.39 is 11.7 Å². The number of benzene rings is 2. The molecular weight excluding hydrogens is 290 g/mol. The van der Waals surface area contributed by atoms with Crippen molar-refractivity contribution in [2.45, 2.75) is 20.8 Å². The molecule has 1 aliphatic heterocycles. The Bertz CT molecular complexity index is 795. The number of anilines is 1. The molecule has 0 atom stereocenters. The van der Waals surface area contributed by atoms with E-state index in [0.717, 1.165) is 28.1 Å². The molecule has 1 heterocycles. The zero-order chi connectivity index (χ0) is 16.6. The van der Waals surface area contributed by atoms with E-state index in [9.17, 15) is 9.59 Å². The first-order valence-corrected chi connectivity index (χ1v) is 7.65. The molecule has 2 aromatic carbocycles. The molecule has 0 bridgehead atoms. The number of aryl methyl sites for hydroxylation is 3. The Morgan fingerprint density at radius 3 is 2.35 bits per heavy atom. The Hall–Kier alpha value is -2.62. The zero-order valence-electron chi connectivity index (χ0n) is 13.6. The summed E-state index contributed by atoms with van der Waals surface area (Å²) < 4.78 is 5.76. The van der Waals surface area contributed by atoms with Crippen LogP contribution in [0.15, 0.2) is 36.4 Å². The first-order valence-electron chi connectivity index (χ1n) is 7.65. The molecule has 3 rings (SSSR count). The highest BCUT2D eigenvalue weighted by Gasteiger charge is 2.37. The van der Waals surface area contributed by atoms with Crippen LogP contribution in [0.1, 0.15) is 27.0 Å². The monoisotopic (exact) mass is 309 g/mol. The van der Waals surface area contributed by atoms with Crippen molar-refractivity contribution >= 4 is 17.4 Å². The third-order valence-electron chi connectivity index (χ3n) is 4.19. The highest BCUT2D eigenvalue weighted by atomic mass is 16.5. The highest BCUT2D eigenvalue weighted by Crippen LogP contribution is 2.34. The summed E-state index contributed by atoms with van der Waals surface area (Å²) in [5.74, 6) is -0.0884. The summed E-state index contributed by atoms with van der Waals surface area (Å²) in [6.07, 6.45) is 0. The van der Waals surface area contributed by atoms with Gasteiger partial charge in [0.25, 0.3) is 11.7 Å². The fourth-order valence-electron chi connectivity index (χ4n) is 2.94. The van der Waals surface area contributed by atoms with Gasteiger partial charge in [0.15, 0.2) is 0 Å². The van der Waals surface area contributed by atoms with E-state index in [1.54, 1.807) is 0 Å². The molecule has 23 heavy (non-hydrogen) atoms. The lowest BCUT2D eigenvalue weighted by Crippen LogP contribution is -2.33. The van der Waals surface area contributed by atoms with Crippen LogP contribution in [0, 0.1) is 20.8 Å². The van der Waals surface area contributed by atoms with Gasteiger partial charge >= 0.3 is 0 Å². The van der Waals surface area contributed by atoms with E-state index in [0.29, 0.717) is 18.7 Å². The Kier molecular flexibility index (Phi) is 3.90. The molecule has 1 amide bonds. The van der Waals surface area contributed by atoms with Crippen LogP contribution >= 0.6 is 0 Å². The van der Waals surface area contributed by atoms with Gasteiger partial charge < -0.3 is 9.64 Å². The third-order valence-corrected chi connectivity index (χ3v) is 4.19. The number of rotatable bonds is 4. The van der Waals surface area contributed by atoms with Gasteiger partial charge in [0.1, 0.15) is 12.4 Å². The lowest BCUT2D eigenvalue weighted by Gasteiger charge is -2.19. The van der Waals surface area contributed by atoms with Crippen LogP contribution in [-0.2, 0) is 4.79 Å². The fourth-order valence-corrected chi connectivity index (χ4v) is 2.94. The van der Waals surface area contributed by atoms with Crippen molar-refractivity contribution in [3.63, 3.8) is 0 Å². The van der Waals surface area contributed by atoms with Crippen molar-refractivity contribution < 1.29 is 14.3 Å². The van der Waals surface area contributed by atoms with Crippen molar-refractivity contribution in [2.75, 3.05) is 18.1 Å². The molecule has 0 saturated carbocycles. The topological polar surface area (TPSA) is 46.6 Å². The number of carbonyl (C=O) groups is 2. The molecule has 0 unspecified atom stereocenters. The number of fused-ring (bicyclic) bond motifs is 1. The van der Waals surface area contributed by atoms with Gasteiger partial charge in [-0.2, -0.15) is 0 Å². The molecule has 0 spiro atoms. The van der Waals surface area contributed by atoms with E-state index in [1.807, 2.05) is 57.2 Å². The van der Waals surface area contributed by atoms with E-state index in [2.05, 4.69) is 0 Å². The van der Waals surface area contributed by atoms with Crippen LogP contribution in [-0.4, -0.2) is 24.8 Å². The molecule has 118 valence electrons. The van der Waals surface area contributed by atoms with Crippen LogP contribution in [0.2, 0.25) is 0 Å². The van der Waals surface area contributed by atoms with Gasteiger partial charge in [-0.05, 0) is 43.5 Å². The minimum absolute atomic E-state index is 0.344. The molecule has 4 heteroatoms. The number of Topliss-reactive ketones (excluding diaryl/α,β-unsaturated/α-hetero) is 1. The number of hydrogen-bond donors (Lipinski definition) is 0. The molecule has 0 radical (unpaired) electrons. The average molecular weight is 309 g/mol. The number of ether oxygens (including phenoxy) is 1. The molecule has 0 fully saturated rings. The average Bonchev–Trinajstić information content (AvgIpc) is 2.79. The van der Waals surface area contributed by atoms with E-state index in [-0.39, 0.29) is 0 Å². The van der Waals surface area contributed by atoms with Crippen molar-refractivity contribution in [1.29, 1.82) is 0 Å². The van der Waals surface area contributed by atoms with Gasteiger partial charge in [-0.1, -0.05) is 30.3 Å². The first kappa shape index (κ1) is 15.3. The van der Waals surface area contributed by atoms with Crippen LogP contribution in [0.3, 0.4) is 0 Å². The maximum Gasteiger partial charge on any atom is 0.299 e. The lowest BCUT2D eigenvalue weighted by molar-refractivity contribution is -0.114. The Morgan fingerprint density at radius 2 is 1.61 bits per heavy atom.